The Labute approximate surface area is 98.2 Å². The molecular formula is C10H18F3NOS. The first kappa shape index (κ1) is 14.1. The predicted octanol–water partition coefficient (Wildman–Crippen LogP) is 2.48. The quantitative estimate of drug-likeness (QED) is 0.818. The van der Waals surface area contributed by atoms with Crippen molar-refractivity contribution in [2.45, 2.75) is 36.8 Å². The van der Waals surface area contributed by atoms with Gasteiger partial charge in [-0.15, -0.1) is 0 Å². The summed E-state index contributed by atoms with van der Waals surface area (Å²) in [6.07, 6.45) is 3.57. The molecule has 0 atom stereocenters. The average molecular weight is 257 g/mol. The van der Waals surface area contributed by atoms with Crippen LogP contribution in [0.2, 0.25) is 0 Å². The Hall–Kier alpha value is 0.0600. The fourth-order valence-corrected chi connectivity index (χ4v) is 2.72. The molecule has 0 aromatic carbocycles. The smallest absolute Gasteiger partial charge is 0.389 e. The van der Waals surface area contributed by atoms with Gasteiger partial charge in [0.1, 0.15) is 0 Å². The number of likely N-dealkylation sites (N-methyl/N-ethyl adjacent to an activating group) is 1. The van der Waals surface area contributed by atoms with Crippen molar-refractivity contribution < 1.29 is 18.3 Å². The Morgan fingerprint density at radius 3 is 2.38 bits per heavy atom. The standard InChI is InChI=1S/C10H18F3NOS/c1-14(6-7-16-10(11,12)13)8-9(15)4-2-3-5-9/h15H,2-8H2,1H3. The summed E-state index contributed by atoms with van der Waals surface area (Å²) >= 11 is -0.00458. The SMILES string of the molecule is CN(CCSC(F)(F)F)CC1(O)CCCC1. The molecule has 1 aliphatic carbocycles. The van der Waals surface area contributed by atoms with Gasteiger partial charge < -0.3 is 10.0 Å². The summed E-state index contributed by atoms with van der Waals surface area (Å²) < 4.78 is 35.6. The van der Waals surface area contributed by atoms with E-state index in [2.05, 4.69) is 0 Å². The maximum atomic E-state index is 11.9. The molecule has 6 heteroatoms. The summed E-state index contributed by atoms with van der Waals surface area (Å²) in [6.45, 7) is 0.831. The number of halogens is 3. The summed E-state index contributed by atoms with van der Waals surface area (Å²) in [7, 11) is 1.76. The Morgan fingerprint density at radius 1 is 1.31 bits per heavy atom. The lowest BCUT2D eigenvalue weighted by atomic mass is 10.0. The Balaban J connectivity index is 2.18. The Morgan fingerprint density at radius 2 is 1.88 bits per heavy atom. The summed E-state index contributed by atoms with van der Waals surface area (Å²) in [5, 5.41) is 10.1. The highest BCUT2D eigenvalue weighted by molar-refractivity contribution is 8.00. The zero-order valence-electron chi connectivity index (χ0n) is 9.39. The molecule has 1 fully saturated rings. The lowest BCUT2D eigenvalue weighted by Crippen LogP contribution is -2.40. The highest BCUT2D eigenvalue weighted by Crippen LogP contribution is 2.31. The minimum atomic E-state index is -4.15. The van der Waals surface area contributed by atoms with E-state index in [1.807, 2.05) is 0 Å². The van der Waals surface area contributed by atoms with Gasteiger partial charge in [-0.1, -0.05) is 12.8 Å². The fraction of sp³-hybridized carbons (Fsp3) is 1.00. The molecule has 1 saturated carbocycles. The first-order chi connectivity index (χ1) is 7.31. The molecule has 1 rings (SSSR count). The Kier molecular flexibility index (Phi) is 4.94. The summed E-state index contributed by atoms with van der Waals surface area (Å²) in [6, 6.07) is 0. The zero-order valence-corrected chi connectivity index (χ0v) is 10.2. The molecule has 16 heavy (non-hydrogen) atoms. The van der Waals surface area contributed by atoms with Crippen molar-refractivity contribution >= 4 is 11.8 Å². The third kappa shape index (κ3) is 5.41. The molecular weight excluding hydrogens is 239 g/mol. The summed E-state index contributed by atoms with van der Waals surface area (Å²) in [4.78, 5) is 1.78. The van der Waals surface area contributed by atoms with E-state index in [9.17, 15) is 18.3 Å². The molecule has 0 saturated heterocycles. The van der Waals surface area contributed by atoms with Gasteiger partial charge >= 0.3 is 5.51 Å². The zero-order chi connectivity index (χ0) is 12.2. The van der Waals surface area contributed by atoms with E-state index in [0.29, 0.717) is 13.1 Å². The van der Waals surface area contributed by atoms with Gasteiger partial charge in [0.2, 0.25) is 0 Å². The lowest BCUT2D eigenvalue weighted by molar-refractivity contribution is -0.0329. The van der Waals surface area contributed by atoms with Gasteiger partial charge in [0.25, 0.3) is 0 Å². The van der Waals surface area contributed by atoms with Gasteiger partial charge in [0.15, 0.2) is 0 Å². The minimum Gasteiger partial charge on any atom is -0.389 e. The first-order valence-electron chi connectivity index (χ1n) is 5.42. The molecule has 0 aliphatic heterocycles. The van der Waals surface area contributed by atoms with Crippen molar-refractivity contribution in [3.8, 4) is 0 Å². The second kappa shape index (κ2) is 5.60. The number of hydrogen-bond acceptors (Lipinski definition) is 3. The van der Waals surface area contributed by atoms with Crippen LogP contribution in [-0.4, -0.2) is 47.0 Å². The lowest BCUT2D eigenvalue weighted by Gasteiger charge is -2.28. The van der Waals surface area contributed by atoms with Gasteiger partial charge in [0, 0.05) is 18.8 Å². The fourth-order valence-electron chi connectivity index (χ4n) is 2.09. The van der Waals surface area contributed by atoms with Gasteiger partial charge in [-0.2, -0.15) is 13.2 Å². The van der Waals surface area contributed by atoms with Gasteiger partial charge in [-0.05, 0) is 31.7 Å². The molecule has 0 heterocycles. The second-order valence-electron chi connectivity index (χ2n) is 4.46. The number of hydrogen-bond donors (Lipinski definition) is 1. The molecule has 0 aromatic rings. The molecule has 0 bridgehead atoms. The molecule has 0 unspecified atom stereocenters. The highest BCUT2D eigenvalue weighted by Gasteiger charge is 2.32. The third-order valence-electron chi connectivity index (χ3n) is 2.84. The maximum absolute atomic E-state index is 11.9. The van der Waals surface area contributed by atoms with Crippen molar-refractivity contribution in [3.05, 3.63) is 0 Å². The number of alkyl halides is 3. The molecule has 0 amide bonds. The van der Waals surface area contributed by atoms with Crippen molar-refractivity contribution in [2.75, 3.05) is 25.9 Å². The van der Waals surface area contributed by atoms with Crippen LogP contribution in [-0.2, 0) is 0 Å². The van der Waals surface area contributed by atoms with Crippen LogP contribution in [0.25, 0.3) is 0 Å². The highest BCUT2D eigenvalue weighted by atomic mass is 32.2. The van der Waals surface area contributed by atoms with Crippen LogP contribution in [0, 0.1) is 0 Å². The number of nitrogens with zero attached hydrogens (tertiary/aromatic N) is 1. The maximum Gasteiger partial charge on any atom is 0.441 e. The van der Waals surface area contributed by atoms with Gasteiger partial charge in [0.05, 0.1) is 5.60 Å². The van der Waals surface area contributed by atoms with E-state index in [1.54, 1.807) is 11.9 Å². The first-order valence-corrected chi connectivity index (χ1v) is 6.41. The van der Waals surface area contributed by atoms with Crippen LogP contribution in [0.5, 0.6) is 0 Å². The number of aliphatic hydroxyl groups is 1. The van der Waals surface area contributed by atoms with Gasteiger partial charge in [-0.3, -0.25) is 0 Å². The van der Waals surface area contributed by atoms with Crippen LogP contribution >= 0.6 is 11.8 Å². The number of rotatable bonds is 5. The molecule has 2 nitrogen and oxygen atoms in total. The van der Waals surface area contributed by atoms with Crippen LogP contribution in [0.4, 0.5) is 13.2 Å². The van der Waals surface area contributed by atoms with Crippen molar-refractivity contribution in [1.82, 2.24) is 4.90 Å². The van der Waals surface area contributed by atoms with E-state index in [1.165, 1.54) is 0 Å². The van der Waals surface area contributed by atoms with Gasteiger partial charge in [-0.25, -0.2) is 0 Å². The van der Waals surface area contributed by atoms with Crippen LogP contribution in [0.3, 0.4) is 0 Å². The van der Waals surface area contributed by atoms with E-state index < -0.39 is 11.1 Å². The second-order valence-corrected chi connectivity index (χ2v) is 5.62. The summed E-state index contributed by atoms with van der Waals surface area (Å²) in [5.74, 6) is 0.0239. The van der Waals surface area contributed by atoms with Crippen molar-refractivity contribution in [1.29, 1.82) is 0 Å². The monoisotopic (exact) mass is 257 g/mol. The largest absolute Gasteiger partial charge is 0.441 e. The normalized spacial score (nSPS) is 20.6. The number of thioether (sulfide) groups is 1. The van der Waals surface area contributed by atoms with E-state index in [-0.39, 0.29) is 17.5 Å². The topological polar surface area (TPSA) is 23.5 Å². The van der Waals surface area contributed by atoms with E-state index in [4.69, 9.17) is 0 Å². The van der Waals surface area contributed by atoms with Crippen LogP contribution in [0.15, 0.2) is 0 Å². The minimum absolute atomic E-state index is 0.00458. The van der Waals surface area contributed by atoms with Crippen LogP contribution < -0.4 is 0 Å². The Bertz CT molecular complexity index is 217. The predicted molar refractivity (Wildman–Crippen MR) is 59.4 cm³/mol. The van der Waals surface area contributed by atoms with Crippen molar-refractivity contribution in [3.63, 3.8) is 0 Å². The molecule has 0 radical (unpaired) electrons. The molecule has 0 aromatic heterocycles. The molecule has 0 spiro atoms. The van der Waals surface area contributed by atoms with E-state index in [0.717, 1.165) is 25.7 Å². The average Bonchev–Trinajstić information content (AvgIpc) is 2.49. The molecule has 1 aliphatic rings. The molecule has 1 N–H and O–H groups in total. The van der Waals surface area contributed by atoms with Crippen molar-refractivity contribution in [2.24, 2.45) is 0 Å². The van der Waals surface area contributed by atoms with Crippen LogP contribution in [0.1, 0.15) is 25.7 Å². The molecule has 96 valence electrons. The van der Waals surface area contributed by atoms with E-state index >= 15 is 0 Å². The summed E-state index contributed by atoms with van der Waals surface area (Å²) in [5.41, 5.74) is -4.82. The third-order valence-corrected chi connectivity index (χ3v) is 3.55.